The Morgan fingerprint density at radius 3 is 2.67 bits per heavy atom. The summed E-state index contributed by atoms with van der Waals surface area (Å²) in [5, 5.41) is 0. The molecule has 0 atom stereocenters. The Labute approximate surface area is 87.4 Å². The molecule has 2 rings (SSSR count). The second-order valence-electron chi connectivity index (χ2n) is 3.32. The van der Waals surface area contributed by atoms with Gasteiger partial charge in [0.25, 0.3) is 0 Å². The molecule has 1 saturated heterocycles. The molecule has 0 aliphatic carbocycles. The van der Waals surface area contributed by atoms with Gasteiger partial charge in [0, 0.05) is 0 Å². The highest BCUT2D eigenvalue weighted by atomic mass is 16.6. The van der Waals surface area contributed by atoms with E-state index in [-0.39, 0.29) is 12.3 Å². The lowest BCUT2D eigenvalue weighted by Crippen LogP contribution is -2.32. The van der Waals surface area contributed by atoms with Crippen molar-refractivity contribution in [3.63, 3.8) is 0 Å². The van der Waals surface area contributed by atoms with Crippen molar-refractivity contribution in [1.82, 2.24) is 4.90 Å². The summed E-state index contributed by atoms with van der Waals surface area (Å²) in [6, 6.07) is 9.34. The second kappa shape index (κ2) is 4.13. The third kappa shape index (κ3) is 2.15. The number of nitrogens with zero attached hydrogens (tertiary/aromatic N) is 1. The lowest BCUT2D eigenvalue weighted by Gasteiger charge is -2.09. The molecular weight excluding hydrogens is 194 g/mol. The summed E-state index contributed by atoms with van der Waals surface area (Å²) in [5.41, 5.74) is 0.905. The van der Waals surface area contributed by atoms with E-state index in [1.807, 2.05) is 30.3 Å². The van der Waals surface area contributed by atoms with Crippen LogP contribution in [0.25, 0.3) is 0 Å². The molecule has 0 aromatic heterocycles. The van der Waals surface area contributed by atoms with Crippen LogP contribution in [0.3, 0.4) is 0 Å². The zero-order valence-electron chi connectivity index (χ0n) is 8.18. The molecule has 78 valence electrons. The molecule has 1 aromatic rings. The Balaban J connectivity index is 2.01. The van der Waals surface area contributed by atoms with E-state index in [4.69, 9.17) is 4.74 Å². The van der Waals surface area contributed by atoms with Gasteiger partial charge in [0.05, 0.1) is 13.0 Å². The summed E-state index contributed by atoms with van der Waals surface area (Å²) in [6.07, 6.45) is -0.286. The van der Waals surface area contributed by atoms with Crippen LogP contribution in [0.4, 0.5) is 4.79 Å². The summed E-state index contributed by atoms with van der Waals surface area (Å²) in [6.45, 7) is 0.670. The van der Waals surface area contributed by atoms with Crippen LogP contribution in [0, 0.1) is 0 Å². The van der Waals surface area contributed by atoms with Crippen molar-refractivity contribution in [2.24, 2.45) is 0 Å². The van der Waals surface area contributed by atoms with Crippen LogP contribution in [0.1, 0.15) is 5.56 Å². The highest BCUT2D eigenvalue weighted by molar-refractivity contribution is 5.93. The molecule has 1 aliphatic rings. The Kier molecular flexibility index (Phi) is 2.67. The van der Waals surface area contributed by atoms with Gasteiger partial charge in [-0.2, -0.15) is 0 Å². The second-order valence-corrected chi connectivity index (χ2v) is 3.32. The van der Waals surface area contributed by atoms with E-state index in [0.717, 1.165) is 10.5 Å². The molecule has 0 bridgehead atoms. The van der Waals surface area contributed by atoms with Gasteiger partial charge in [-0.15, -0.1) is 0 Å². The van der Waals surface area contributed by atoms with E-state index in [1.54, 1.807) is 0 Å². The van der Waals surface area contributed by atoms with Crippen molar-refractivity contribution in [3.05, 3.63) is 35.9 Å². The molecule has 0 N–H and O–H groups in total. The predicted molar refractivity (Wildman–Crippen MR) is 53.2 cm³/mol. The van der Waals surface area contributed by atoms with Gasteiger partial charge in [0.1, 0.15) is 6.61 Å². The molecule has 4 heteroatoms. The van der Waals surface area contributed by atoms with Gasteiger partial charge >= 0.3 is 6.09 Å². The normalized spacial score (nSPS) is 15.2. The van der Waals surface area contributed by atoms with Crippen molar-refractivity contribution in [3.8, 4) is 0 Å². The number of rotatable bonds is 2. The predicted octanol–water partition coefficient (Wildman–Crippen LogP) is 1.21. The Morgan fingerprint density at radius 2 is 2.07 bits per heavy atom. The Morgan fingerprint density at radius 1 is 1.33 bits per heavy atom. The maximum absolute atomic E-state index is 11.7. The molecule has 1 fully saturated rings. The monoisotopic (exact) mass is 205 g/mol. The topological polar surface area (TPSA) is 46.6 Å². The van der Waals surface area contributed by atoms with Crippen LogP contribution < -0.4 is 0 Å². The van der Waals surface area contributed by atoms with Gasteiger partial charge in [0.2, 0.25) is 5.91 Å². The lowest BCUT2D eigenvalue weighted by molar-refractivity contribution is -0.127. The maximum Gasteiger partial charge on any atom is 0.416 e. The average molecular weight is 205 g/mol. The summed E-state index contributed by atoms with van der Waals surface area (Å²) < 4.78 is 4.69. The van der Waals surface area contributed by atoms with Crippen molar-refractivity contribution < 1.29 is 14.3 Å². The fraction of sp³-hybridized carbons (Fsp3) is 0.273. The number of hydrogen-bond acceptors (Lipinski definition) is 3. The van der Waals surface area contributed by atoms with E-state index < -0.39 is 6.09 Å². The van der Waals surface area contributed by atoms with E-state index in [1.165, 1.54) is 0 Å². The number of carbonyl (C=O) groups is 2. The number of ether oxygens (including phenoxy) is 1. The third-order valence-corrected chi connectivity index (χ3v) is 2.26. The molecule has 1 aliphatic heterocycles. The number of carbonyl (C=O) groups excluding carboxylic acids is 2. The molecular formula is C11H11NO3. The first kappa shape index (κ1) is 9.71. The van der Waals surface area contributed by atoms with E-state index in [0.29, 0.717) is 13.2 Å². The van der Waals surface area contributed by atoms with Crippen molar-refractivity contribution >= 4 is 12.0 Å². The van der Waals surface area contributed by atoms with Crippen LogP contribution >= 0.6 is 0 Å². The standard InChI is InChI=1S/C11H11NO3/c13-10(12-6-7-15-11(12)14)8-9-4-2-1-3-5-9/h1-5H,6-8H2. The van der Waals surface area contributed by atoms with Gasteiger partial charge < -0.3 is 4.74 Å². The first-order valence-corrected chi connectivity index (χ1v) is 4.78. The zero-order chi connectivity index (χ0) is 10.7. The fourth-order valence-corrected chi connectivity index (χ4v) is 1.49. The largest absolute Gasteiger partial charge is 0.447 e. The molecule has 1 aromatic carbocycles. The fourth-order valence-electron chi connectivity index (χ4n) is 1.49. The zero-order valence-corrected chi connectivity index (χ0v) is 8.18. The minimum Gasteiger partial charge on any atom is -0.447 e. The Bertz CT molecular complexity index is 375. The van der Waals surface area contributed by atoms with Gasteiger partial charge in [-0.05, 0) is 5.56 Å². The van der Waals surface area contributed by atoms with Gasteiger partial charge in [-0.3, -0.25) is 4.79 Å². The number of benzene rings is 1. The van der Waals surface area contributed by atoms with Gasteiger partial charge in [-0.1, -0.05) is 30.3 Å². The van der Waals surface area contributed by atoms with E-state index in [9.17, 15) is 9.59 Å². The van der Waals surface area contributed by atoms with Gasteiger partial charge in [-0.25, -0.2) is 9.69 Å². The van der Waals surface area contributed by atoms with Crippen molar-refractivity contribution in [1.29, 1.82) is 0 Å². The van der Waals surface area contributed by atoms with Crippen LogP contribution in [-0.4, -0.2) is 30.1 Å². The minimum atomic E-state index is -0.532. The number of imide groups is 1. The molecule has 0 saturated carbocycles. The van der Waals surface area contributed by atoms with Crippen LogP contribution in [0.2, 0.25) is 0 Å². The summed E-state index contributed by atoms with van der Waals surface area (Å²) >= 11 is 0. The number of amides is 2. The maximum atomic E-state index is 11.7. The molecule has 0 unspecified atom stereocenters. The highest BCUT2D eigenvalue weighted by Crippen LogP contribution is 2.08. The quantitative estimate of drug-likeness (QED) is 0.729. The molecule has 4 nitrogen and oxygen atoms in total. The summed E-state index contributed by atoms with van der Waals surface area (Å²) in [5.74, 6) is -0.205. The molecule has 2 amide bonds. The SMILES string of the molecule is O=C(Cc1ccccc1)N1CCOC1=O. The van der Waals surface area contributed by atoms with Crippen LogP contribution in [0.5, 0.6) is 0 Å². The van der Waals surface area contributed by atoms with E-state index >= 15 is 0 Å². The van der Waals surface area contributed by atoms with Crippen molar-refractivity contribution in [2.45, 2.75) is 6.42 Å². The molecule has 1 heterocycles. The average Bonchev–Trinajstić information content (AvgIpc) is 2.66. The lowest BCUT2D eigenvalue weighted by atomic mass is 10.1. The molecule has 15 heavy (non-hydrogen) atoms. The van der Waals surface area contributed by atoms with Crippen molar-refractivity contribution in [2.75, 3.05) is 13.2 Å². The van der Waals surface area contributed by atoms with Crippen LogP contribution in [-0.2, 0) is 16.0 Å². The molecule has 0 spiro atoms. The Hall–Kier alpha value is -1.84. The smallest absolute Gasteiger partial charge is 0.416 e. The number of cyclic esters (lactones) is 1. The summed E-state index contributed by atoms with van der Waals surface area (Å²) in [4.78, 5) is 23.9. The first-order chi connectivity index (χ1) is 7.27. The molecule has 0 radical (unpaired) electrons. The number of hydrogen-bond donors (Lipinski definition) is 0. The van der Waals surface area contributed by atoms with E-state index in [2.05, 4.69) is 0 Å². The summed E-state index contributed by atoms with van der Waals surface area (Å²) in [7, 11) is 0. The third-order valence-electron chi connectivity index (χ3n) is 2.26. The minimum absolute atomic E-state index is 0.205. The first-order valence-electron chi connectivity index (χ1n) is 4.78. The van der Waals surface area contributed by atoms with Gasteiger partial charge in [0.15, 0.2) is 0 Å². The van der Waals surface area contributed by atoms with Crippen LogP contribution in [0.15, 0.2) is 30.3 Å². The highest BCUT2D eigenvalue weighted by Gasteiger charge is 2.27.